The van der Waals surface area contributed by atoms with Crippen LogP contribution in [0, 0.1) is 10.1 Å². The molecule has 0 bridgehead atoms. The molecule has 2 rings (SSSR count). The molecule has 1 aromatic heterocycles. The summed E-state index contributed by atoms with van der Waals surface area (Å²) < 4.78 is 39.2. The van der Waals surface area contributed by atoms with Crippen LogP contribution in [-0.2, 0) is 17.5 Å². The molecule has 8 nitrogen and oxygen atoms in total. The number of rotatable bonds is 6. The number of carbonyl (C=O) groups excluding carboxylic acids is 1. The Morgan fingerprint density at radius 1 is 1.40 bits per heavy atom. The Morgan fingerprint density at radius 2 is 2.12 bits per heavy atom. The molecule has 0 fully saturated rings. The van der Waals surface area contributed by atoms with Crippen molar-refractivity contribution in [1.82, 2.24) is 14.8 Å². The van der Waals surface area contributed by atoms with Gasteiger partial charge in [-0.3, -0.25) is 4.79 Å². The van der Waals surface area contributed by atoms with Crippen LogP contribution in [0.1, 0.15) is 18.4 Å². The number of aromatic nitrogens is 3. The van der Waals surface area contributed by atoms with Crippen molar-refractivity contribution in [3.8, 4) is 0 Å². The lowest BCUT2D eigenvalue weighted by Gasteiger charge is -2.11. The van der Waals surface area contributed by atoms with Gasteiger partial charge in [0.25, 0.3) is 0 Å². The van der Waals surface area contributed by atoms with Crippen LogP contribution in [-0.4, -0.2) is 25.6 Å². The Balaban J connectivity index is 1.90. The van der Waals surface area contributed by atoms with Crippen molar-refractivity contribution in [1.29, 1.82) is 0 Å². The molecule has 0 spiro atoms. The highest BCUT2D eigenvalue weighted by atomic mass is 35.5. The van der Waals surface area contributed by atoms with Gasteiger partial charge >= 0.3 is 12.1 Å². The van der Waals surface area contributed by atoms with E-state index in [1.807, 2.05) is 0 Å². The fraction of sp³-hybridized carbons (Fsp3) is 0.308. The smallest absolute Gasteiger partial charge is 0.390 e. The molecule has 0 aliphatic carbocycles. The Labute approximate surface area is 143 Å². The largest absolute Gasteiger partial charge is 0.490 e. The van der Waals surface area contributed by atoms with Crippen LogP contribution in [0.25, 0.3) is 0 Å². The lowest BCUT2D eigenvalue weighted by atomic mass is 10.2. The summed E-state index contributed by atoms with van der Waals surface area (Å²) >= 11 is 5.78. The second kappa shape index (κ2) is 7.47. The predicted octanol–water partition coefficient (Wildman–Crippen LogP) is 3.28. The summed E-state index contributed by atoms with van der Waals surface area (Å²) in [6, 6.07) is 2.62. The van der Waals surface area contributed by atoms with Gasteiger partial charge in [0.05, 0.1) is 22.8 Å². The number of alkyl halides is 3. The van der Waals surface area contributed by atoms with E-state index >= 15 is 0 Å². The first-order valence-corrected chi connectivity index (χ1v) is 7.25. The van der Waals surface area contributed by atoms with E-state index in [0.717, 1.165) is 24.5 Å². The molecule has 0 saturated heterocycles. The van der Waals surface area contributed by atoms with Gasteiger partial charge in [0.1, 0.15) is 0 Å². The lowest BCUT2D eigenvalue weighted by Crippen LogP contribution is -2.14. The van der Waals surface area contributed by atoms with Crippen LogP contribution >= 0.6 is 11.6 Å². The predicted molar refractivity (Wildman–Crippen MR) is 81.0 cm³/mol. The maximum atomic E-state index is 12.7. The van der Waals surface area contributed by atoms with E-state index in [1.54, 1.807) is 0 Å². The Morgan fingerprint density at radius 3 is 2.72 bits per heavy atom. The number of hydrogen-bond acceptors (Lipinski definition) is 5. The fourth-order valence-electron chi connectivity index (χ4n) is 1.89. The molecule has 0 saturated carbocycles. The maximum absolute atomic E-state index is 12.7. The van der Waals surface area contributed by atoms with Crippen molar-refractivity contribution in [2.45, 2.75) is 25.6 Å². The van der Waals surface area contributed by atoms with E-state index in [0.29, 0.717) is 0 Å². The third kappa shape index (κ3) is 5.14. The molecule has 1 N–H and O–H groups in total. The minimum atomic E-state index is -4.55. The number of halogens is 4. The third-order valence-corrected chi connectivity index (χ3v) is 3.38. The molecule has 134 valence electrons. The highest BCUT2D eigenvalue weighted by Gasteiger charge is 2.31. The lowest BCUT2D eigenvalue weighted by molar-refractivity contribution is -0.394. The second-order valence-corrected chi connectivity index (χ2v) is 5.32. The molecule has 1 aromatic carbocycles. The number of aryl methyl sites for hydroxylation is 1. The van der Waals surface area contributed by atoms with Crippen LogP contribution in [0.5, 0.6) is 0 Å². The van der Waals surface area contributed by atoms with Crippen molar-refractivity contribution < 1.29 is 22.9 Å². The molecule has 1 amide bonds. The van der Waals surface area contributed by atoms with E-state index in [1.165, 1.54) is 4.68 Å². The first-order chi connectivity index (χ1) is 11.7. The fourth-order valence-corrected chi connectivity index (χ4v) is 2.05. The van der Waals surface area contributed by atoms with Crippen molar-refractivity contribution in [2.75, 3.05) is 5.32 Å². The molecular formula is C13H11ClF3N5O3. The van der Waals surface area contributed by atoms with Crippen LogP contribution in [0.4, 0.5) is 24.8 Å². The molecule has 0 radical (unpaired) electrons. The molecule has 25 heavy (non-hydrogen) atoms. The number of nitrogens with zero attached hydrogens (tertiary/aromatic N) is 4. The molecule has 0 aliphatic heterocycles. The summed E-state index contributed by atoms with van der Waals surface area (Å²) in [6.07, 6.45) is -3.19. The van der Waals surface area contributed by atoms with Gasteiger partial charge in [0.15, 0.2) is 0 Å². The van der Waals surface area contributed by atoms with Crippen molar-refractivity contribution in [3.63, 3.8) is 0 Å². The van der Waals surface area contributed by atoms with Crippen molar-refractivity contribution in [2.24, 2.45) is 0 Å². The number of hydrogen-bond donors (Lipinski definition) is 1. The average Bonchev–Trinajstić information content (AvgIpc) is 2.97. The summed E-state index contributed by atoms with van der Waals surface area (Å²) in [5, 5.41) is 16.3. The van der Waals surface area contributed by atoms with Gasteiger partial charge in [-0.2, -0.15) is 17.9 Å². The third-order valence-electron chi connectivity index (χ3n) is 3.05. The Bertz CT molecular complexity index is 793. The molecule has 2 aromatic rings. The molecule has 12 heteroatoms. The molecular weight excluding hydrogens is 367 g/mol. The van der Waals surface area contributed by atoms with E-state index in [-0.39, 0.29) is 30.1 Å². The summed E-state index contributed by atoms with van der Waals surface area (Å²) in [4.78, 5) is 25.0. The average molecular weight is 378 g/mol. The molecule has 0 atom stereocenters. The van der Waals surface area contributed by atoms with Crippen LogP contribution in [0.2, 0.25) is 5.02 Å². The van der Waals surface area contributed by atoms with Gasteiger partial charge in [-0.15, -0.1) is 0 Å². The second-order valence-electron chi connectivity index (χ2n) is 4.91. The zero-order valence-electron chi connectivity index (χ0n) is 12.5. The van der Waals surface area contributed by atoms with Gasteiger partial charge in [-0.1, -0.05) is 16.6 Å². The SMILES string of the molecule is O=C(CCCn1cnc([N+](=O)[O-])n1)Nc1cc(C(F)(F)F)ccc1Cl. The van der Waals surface area contributed by atoms with E-state index in [2.05, 4.69) is 15.4 Å². The number of amides is 1. The topological polar surface area (TPSA) is 103 Å². The standard InChI is InChI=1S/C13H11ClF3N5O3/c14-9-4-3-8(13(15,16)17)6-10(9)19-11(23)2-1-5-21-7-18-12(20-21)22(24)25/h3-4,6-7H,1-2,5H2,(H,19,23). The Kier molecular flexibility index (Phi) is 5.57. The minimum absolute atomic E-state index is 0.0201. The zero-order valence-corrected chi connectivity index (χ0v) is 13.2. The van der Waals surface area contributed by atoms with Gasteiger partial charge in [-0.25, -0.2) is 0 Å². The monoisotopic (exact) mass is 377 g/mol. The number of nitrogens with one attached hydrogen (secondary N) is 1. The van der Waals surface area contributed by atoms with E-state index in [4.69, 9.17) is 11.6 Å². The van der Waals surface area contributed by atoms with Gasteiger partial charge < -0.3 is 15.4 Å². The Hall–Kier alpha value is -2.69. The molecule has 0 aliphatic rings. The number of anilines is 1. The van der Waals surface area contributed by atoms with Crippen LogP contribution in [0.15, 0.2) is 24.5 Å². The van der Waals surface area contributed by atoms with Crippen molar-refractivity contribution in [3.05, 3.63) is 45.2 Å². The normalized spacial score (nSPS) is 11.4. The number of carbonyl (C=O) groups is 1. The zero-order chi connectivity index (χ0) is 18.6. The number of nitro groups is 1. The van der Waals surface area contributed by atoms with E-state index < -0.39 is 28.5 Å². The van der Waals surface area contributed by atoms with Crippen LogP contribution < -0.4 is 5.32 Å². The molecule has 1 heterocycles. The quantitative estimate of drug-likeness (QED) is 0.614. The minimum Gasteiger partial charge on any atom is -0.390 e. The summed E-state index contributed by atoms with van der Waals surface area (Å²) in [5.74, 6) is -1.10. The summed E-state index contributed by atoms with van der Waals surface area (Å²) in [7, 11) is 0. The highest BCUT2D eigenvalue weighted by Crippen LogP contribution is 2.33. The first-order valence-electron chi connectivity index (χ1n) is 6.87. The van der Waals surface area contributed by atoms with Gasteiger partial charge in [0, 0.05) is 11.5 Å². The van der Waals surface area contributed by atoms with E-state index in [9.17, 15) is 28.1 Å². The highest BCUT2D eigenvalue weighted by molar-refractivity contribution is 6.33. The first kappa shape index (κ1) is 18.6. The summed E-state index contributed by atoms with van der Waals surface area (Å²) in [5.41, 5.74) is -1.07. The van der Waals surface area contributed by atoms with Gasteiger partial charge in [0.2, 0.25) is 12.2 Å². The van der Waals surface area contributed by atoms with Crippen molar-refractivity contribution >= 4 is 29.1 Å². The van der Waals surface area contributed by atoms with Gasteiger partial charge in [-0.05, 0) is 29.5 Å². The summed E-state index contributed by atoms with van der Waals surface area (Å²) in [6.45, 7) is 0.185. The maximum Gasteiger partial charge on any atom is 0.490 e. The number of benzene rings is 1. The van der Waals surface area contributed by atoms with Crippen LogP contribution in [0.3, 0.4) is 0 Å². The molecule has 0 unspecified atom stereocenters.